The minimum atomic E-state index is -0.345. The van der Waals surface area contributed by atoms with E-state index in [-0.39, 0.29) is 30.2 Å². The molecular formula is C21H25FN6O2. The van der Waals surface area contributed by atoms with Crippen molar-refractivity contribution in [3.63, 3.8) is 0 Å². The Bertz CT molecular complexity index is 1110. The van der Waals surface area contributed by atoms with Gasteiger partial charge in [0.2, 0.25) is 5.91 Å². The first-order valence-corrected chi connectivity index (χ1v) is 10.2. The van der Waals surface area contributed by atoms with E-state index in [0.717, 1.165) is 32.7 Å². The molecule has 1 aliphatic rings. The topological polar surface area (TPSA) is 76.3 Å². The Hall–Kier alpha value is -3.07. The molecule has 1 amide bonds. The number of amides is 1. The molecule has 0 unspecified atom stereocenters. The van der Waals surface area contributed by atoms with Crippen LogP contribution in [0.15, 0.2) is 35.3 Å². The maximum Gasteiger partial charge on any atom is 0.264 e. The molecule has 0 spiro atoms. The average Bonchev–Trinajstić information content (AvgIpc) is 3.18. The predicted octanol–water partition coefficient (Wildman–Crippen LogP) is 1.58. The van der Waals surface area contributed by atoms with Gasteiger partial charge in [-0.1, -0.05) is 6.92 Å². The van der Waals surface area contributed by atoms with Crippen molar-refractivity contribution in [2.24, 2.45) is 0 Å². The Labute approximate surface area is 173 Å². The van der Waals surface area contributed by atoms with Gasteiger partial charge in [0, 0.05) is 39.1 Å². The summed E-state index contributed by atoms with van der Waals surface area (Å²) in [6.45, 7) is 8.36. The van der Waals surface area contributed by atoms with Gasteiger partial charge in [-0.15, -0.1) is 0 Å². The van der Waals surface area contributed by atoms with E-state index < -0.39 is 0 Å². The molecule has 2 aromatic heterocycles. The second-order valence-corrected chi connectivity index (χ2v) is 7.45. The first kappa shape index (κ1) is 20.2. The van der Waals surface area contributed by atoms with Crippen LogP contribution in [0.1, 0.15) is 19.2 Å². The molecule has 0 N–H and O–H groups in total. The van der Waals surface area contributed by atoms with Crippen LogP contribution in [0, 0.1) is 12.7 Å². The summed E-state index contributed by atoms with van der Waals surface area (Å²) in [5.41, 5.74) is 0.814. The van der Waals surface area contributed by atoms with Gasteiger partial charge in [0.25, 0.3) is 5.56 Å². The summed E-state index contributed by atoms with van der Waals surface area (Å²) < 4.78 is 16.3. The van der Waals surface area contributed by atoms with E-state index in [0.29, 0.717) is 22.5 Å². The molecule has 3 heterocycles. The first-order chi connectivity index (χ1) is 14.5. The lowest BCUT2D eigenvalue weighted by Gasteiger charge is -2.34. The van der Waals surface area contributed by atoms with Crippen LogP contribution in [-0.2, 0) is 11.3 Å². The lowest BCUT2D eigenvalue weighted by atomic mass is 10.2. The van der Waals surface area contributed by atoms with E-state index in [1.165, 1.54) is 27.6 Å². The molecule has 8 nitrogen and oxygen atoms in total. The van der Waals surface area contributed by atoms with Gasteiger partial charge >= 0.3 is 0 Å². The number of piperazine rings is 1. The van der Waals surface area contributed by atoms with Crippen LogP contribution in [0.4, 0.5) is 4.39 Å². The molecule has 0 atom stereocenters. The van der Waals surface area contributed by atoms with Gasteiger partial charge in [-0.3, -0.25) is 14.2 Å². The predicted molar refractivity (Wildman–Crippen MR) is 111 cm³/mol. The first-order valence-electron chi connectivity index (χ1n) is 10.2. The number of aryl methyl sites for hydroxylation is 1. The normalized spacial score (nSPS) is 15.1. The maximum atomic E-state index is 13.2. The number of aromatic nitrogens is 4. The van der Waals surface area contributed by atoms with Crippen LogP contribution >= 0.6 is 0 Å². The molecule has 0 bridgehead atoms. The largest absolute Gasteiger partial charge is 0.340 e. The third kappa shape index (κ3) is 3.85. The molecule has 1 saturated heterocycles. The molecule has 3 aromatic rings. The van der Waals surface area contributed by atoms with Crippen molar-refractivity contribution >= 4 is 16.9 Å². The number of hydrogen-bond donors (Lipinski definition) is 0. The summed E-state index contributed by atoms with van der Waals surface area (Å²) >= 11 is 0. The second-order valence-electron chi connectivity index (χ2n) is 7.45. The van der Waals surface area contributed by atoms with Crippen LogP contribution < -0.4 is 5.56 Å². The number of carbonyl (C=O) groups is 1. The number of carbonyl (C=O) groups excluding carboxylic acids is 1. The van der Waals surface area contributed by atoms with Gasteiger partial charge in [0.05, 0.1) is 11.9 Å². The van der Waals surface area contributed by atoms with E-state index in [1.807, 2.05) is 4.90 Å². The highest BCUT2D eigenvalue weighted by atomic mass is 19.1. The molecule has 4 rings (SSSR count). The summed E-state index contributed by atoms with van der Waals surface area (Å²) in [5.74, 6) is 0.224. The van der Waals surface area contributed by atoms with Gasteiger partial charge in [-0.2, -0.15) is 5.10 Å². The minimum absolute atomic E-state index is 0.0548. The van der Waals surface area contributed by atoms with Gasteiger partial charge in [0.1, 0.15) is 17.0 Å². The number of halogens is 1. The van der Waals surface area contributed by atoms with E-state index in [2.05, 4.69) is 21.9 Å². The van der Waals surface area contributed by atoms with Crippen molar-refractivity contribution in [3.05, 3.63) is 52.5 Å². The highest BCUT2D eigenvalue weighted by molar-refractivity contribution is 5.77. The van der Waals surface area contributed by atoms with Crippen molar-refractivity contribution in [3.8, 4) is 5.69 Å². The summed E-state index contributed by atoms with van der Waals surface area (Å²) in [5, 5.41) is 4.63. The molecule has 0 saturated carbocycles. The number of rotatable bonds is 5. The third-order valence-corrected chi connectivity index (χ3v) is 5.67. The molecule has 158 valence electrons. The molecule has 1 aromatic carbocycles. The van der Waals surface area contributed by atoms with Gasteiger partial charge in [-0.05, 0) is 37.7 Å². The highest BCUT2D eigenvalue weighted by Crippen LogP contribution is 2.15. The minimum Gasteiger partial charge on any atom is -0.340 e. The Morgan fingerprint density at radius 3 is 2.50 bits per heavy atom. The van der Waals surface area contributed by atoms with Gasteiger partial charge < -0.3 is 9.80 Å². The fourth-order valence-corrected chi connectivity index (χ4v) is 3.82. The number of nitrogens with zero attached hydrogens (tertiary/aromatic N) is 6. The molecular weight excluding hydrogens is 387 g/mol. The molecule has 0 aliphatic carbocycles. The SMILES string of the molecule is CCN1CCN(C(=O)CCn2c(C)nc3c(cnn3-c3ccc(F)cc3)c2=O)CC1. The maximum absolute atomic E-state index is 13.2. The fraction of sp³-hybridized carbons (Fsp3) is 0.429. The van der Waals surface area contributed by atoms with Crippen molar-refractivity contribution in [2.75, 3.05) is 32.7 Å². The third-order valence-electron chi connectivity index (χ3n) is 5.67. The summed E-state index contributed by atoms with van der Waals surface area (Å²) in [6, 6.07) is 5.84. The van der Waals surface area contributed by atoms with Crippen LogP contribution in [0.25, 0.3) is 16.7 Å². The van der Waals surface area contributed by atoms with Crippen LogP contribution in [-0.4, -0.2) is 67.8 Å². The van der Waals surface area contributed by atoms with E-state index in [9.17, 15) is 14.0 Å². The van der Waals surface area contributed by atoms with E-state index >= 15 is 0 Å². The monoisotopic (exact) mass is 412 g/mol. The van der Waals surface area contributed by atoms with Crippen molar-refractivity contribution in [1.82, 2.24) is 29.1 Å². The zero-order chi connectivity index (χ0) is 21.3. The zero-order valence-electron chi connectivity index (χ0n) is 17.2. The van der Waals surface area contributed by atoms with E-state index in [4.69, 9.17) is 0 Å². The summed E-state index contributed by atoms with van der Waals surface area (Å²) in [6.07, 6.45) is 1.72. The lowest BCUT2D eigenvalue weighted by Crippen LogP contribution is -2.48. The molecule has 9 heteroatoms. The Morgan fingerprint density at radius 1 is 1.13 bits per heavy atom. The lowest BCUT2D eigenvalue weighted by molar-refractivity contribution is -0.133. The zero-order valence-corrected chi connectivity index (χ0v) is 17.2. The number of likely N-dealkylation sites (N-methyl/N-ethyl adjacent to an activating group) is 1. The van der Waals surface area contributed by atoms with Gasteiger partial charge in [-0.25, -0.2) is 14.1 Å². The molecule has 1 aliphatic heterocycles. The standard InChI is InChI=1S/C21H25FN6O2/c1-3-25-10-12-26(13-11-25)19(29)8-9-27-15(2)24-20-18(21(27)30)14-23-28(20)17-6-4-16(22)5-7-17/h4-7,14H,3,8-13H2,1-2H3. The fourth-order valence-electron chi connectivity index (χ4n) is 3.82. The van der Waals surface area contributed by atoms with Crippen LogP contribution in [0.3, 0.4) is 0 Å². The molecule has 30 heavy (non-hydrogen) atoms. The number of benzene rings is 1. The van der Waals surface area contributed by atoms with Crippen LogP contribution in [0.5, 0.6) is 0 Å². The Morgan fingerprint density at radius 2 is 1.83 bits per heavy atom. The van der Waals surface area contributed by atoms with Crippen LogP contribution in [0.2, 0.25) is 0 Å². The highest BCUT2D eigenvalue weighted by Gasteiger charge is 2.21. The van der Waals surface area contributed by atoms with Gasteiger partial charge in [0.15, 0.2) is 5.65 Å². The van der Waals surface area contributed by atoms with Crippen molar-refractivity contribution in [1.29, 1.82) is 0 Å². The van der Waals surface area contributed by atoms with Crippen molar-refractivity contribution in [2.45, 2.75) is 26.8 Å². The number of fused-ring (bicyclic) bond motifs is 1. The Kier molecular flexibility index (Phi) is 5.63. The average molecular weight is 412 g/mol. The second kappa shape index (κ2) is 8.35. The van der Waals surface area contributed by atoms with Crippen molar-refractivity contribution < 1.29 is 9.18 Å². The number of hydrogen-bond acceptors (Lipinski definition) is 5. The quantitative estimate of drug-likeness (QED) is 0.636. The Balaban J connectivity index is 1.53. The smallest absolute Gasteiger partial charge is 0.264 e. The summed E-state index contributed by atoms with van der Waals surface area (Å²) in [4.78, 5) is 34.3. The van der Waals surface area contributed by atoms with E-state index in [1.54, 1.807) is 19.1 Å². The summed E-state index contributed by atoms with van der Waals surface area (Å²) in [7, 11) is 0. The molecule has 0 radical (unpaired) electrons. The molecule has 1 fully saturated rings.